The third-order valence-corrected chi connectivity index (χ3v) is 7.61. The van der Waals surface area contributed by atoms with Crippen molar-refractivity contribution >= 4 is 34.0 Å². The summed E-state index contributed by atoms with van der Waals surface area (Å²) < 4.78 is 2.98. The molecule has 6 heteroatoms. The molecule has 1 aromatic heterocycles. The van der Waals surface area contributed by atoms with Gasteiger partial charge in [0.1, 0.15) is 0 Å². The summed E-state index contributed by atoms with van der Waals surface area (Å²) in [7, 11) is 1.85. The Labute approximate surface area is 87.0 Å². The molecule has 5 nitrogen and oxygen atoms in total. The molecular weight excluding hydrogens is 289 g/mol. The molecule has 0 aromatic carbocycles. The van der Waals surface area contributed by atoms with Crippen LogP contribution in [0.3, 0.4) is 0 Å². The zero-order valence-electron chi connectivity index (χ0n) is 8.83. The molecule has 2 N–H and O–H groups in total. The summed E-state index contributed by atoms with van der Waals surface area (Å²) in [6.07, 6.45) is -1.07. The first-order valence-electron chi connectivity index (χ1n) is 4.35. The number of aryl methyl sites for hydroxylation is 1. The molecule has 0 fully saturated rings. The molecule has 1 rings (SSSR count). The minimum absolute atomic E-state index is 0.418. The summed E-state index contributed by atoms with van der Waals surface area (Å²) in [5, 5.41) is 14.9. The van der Waals surface area contributed by atoms with E-state index in [0.717, 1.165) is 0 Å². The van der Waals surface area contributed by atoms with Gasteiger partial charge in [0.15, 0.2) is 0 Å². The molecule has 0 saturated heterocycles. The fraction of sp³-hybridized carbons (Fsp3) is 0.500. The number of nitrogens with zero attached hydrogens (tertiary/aromatic N) is 2. The topological polar surface area (TPSA) is 67.2 Å². The standard InChI is InChI=1S/C5H6N3O2.3CH3.Sn/c1-8-3-2-4(7-8)6-5(9)10;;;;/h2H,1H3,(H,6,7)(H,9,10);3*1H3;. The van der Waals surface area contributed by atoms with E-state index >= 15 is 0 Å². The van der Waals surface area contributed by atoms with Crippen LogP contribution in [0.25, 0.3) is 0 Å². The normalized spacial score (nSPS) is 11.4. The molecule has 0 radical (unpaired) electrons. The number of nitrogens with one attached hydrogen (secondary N) is 1. The number of carboxylic acid groups (broad SMARTS) is 1. The monoisotopic (exact) mass is 305 g/mol. The van der Waals surface area contributed by atoms with Crippen molar-refractivity contribution in [1.29, 1.82) is 0 Å². The third kappa shape index (κ3) is 2.63. The van der Waals surface area contributed by atoms with E-state index in [-0.39, 0.29) is 0 Å². The van der Waals surface area contributed by atoms with Crippen molar-refractivity contribution in [3.63, 3.8) is 0 Å². The van der Waals surface area contributed by atoms with Crippen LogP contribution in [0.5, 0.6) is 0 Å². The van der Waals surface area contributed by atoms with Crippen LogP contribution in [0.1, 0.15) is 0 Å². The fourth-order valence-corrected chi connectivity index (χ4v) is 5.88. The number of hydrogen-bond donors (Lipinski definition) is 2. The van der Waals surface area contributed by atoms with E-state index < -0.39 is 24.5 Å². The van der Waals surface area contributed by atoms with Crippen molar-refractivity contribution in [2.75, 3.05) is 5.32 Å². The first kappa shape index (κ1) is 11.4. The molecule has 78 valence electrons. The first-order chi connectivity index (χ1) is 6.30. The van der Waals surface area contributed by atoms with Gasteiger partial charge in [0, 0.05) is 0 Å². The van der Waals surface area contributed by atoms with Gasteiger partial charge in [-0.1, -0.05) is 0 Å². The summed E-state index contributed by atoms with van der Waals surface area (Å²) in [4.78, 5) is 17.2. The van der Waals surface area contributed by atoms with Crippen LogP contribution in [0, 0.1) is 0 Å². The Morgan fingerprint density at radius 1 is 1.57 bits per heavy atom. The zero-order chi connectivity index (χ0) is 10.9. The van der Waals surface area contributed by atoms with Crippen LogP contribution in [-0.4, -0.2) is 39.4 Å². The third-order valence-electron chi connectivity index (χ3n) is 1.88. The number of aromatic nitrogens is 2. The van der Waals surface area contributed by atoms with E-state index in [0.29, 0.717) is 5.82 Å². The van der Waals surface area contributed by atoms with Crippen molar-refractivity contribution in [3.05, 3.63) is 6.07 Å². The van der Waals surface area contributed by atoms with Crippen LogP contribution in [0.2, 0.25) is 14.8 Å². The molecule has 0 saturated carbocycles. The van der Waals surface area contributed by atoms with E-state index in [1.165, 1.54) is 3.71 Å². The van der Waals surface area contributed by atoms with E-state index in [1.54, 1.807) is 4.68 Å². The molecule has 0 unspecified atom stereocenters. The summed E-state index contributed by atoms with van der Waals surface area (Å²) >= 11 is -2.16. The minimum atomic E-state index is -2.16. The van der Waals surface area contributed by atoms with Crippen LogP contribution >= 0.6 is 0 Å². The van der Waals surface area contributed by atoms with E-state index in [4.69, 9.17) is 5.11 Å². The fourth-order valence-electron chi connectivity index (χ4n) is 1.34. The van der Waals surface area contributed by atoms with E-state index in [9.17, 15) is 4.79 Å². The predicted octanol–water partition coefficient (Wildman–Crippen LogP) is 1.06. The van der Waals surface area contributed by atoms with Gasteiger partial charge in [-0.05, 0) is 0 Å². The summed E-state index contributed by atoms with van der Waals surface area (Å²) in [5.41, 5.74) is 0. The molecule has 0 aliphatic rings. The molecule has 14 heavy (non-hydrogen) atoms. The number of anilines is 1. The molecule has 0 bridgehead atoms. The van der Waals surface area contributed by atoms with Crippen molar-refractivity contribution in [2.24, 2.45) is 7.05 Å². The SMILES string of the molecule is Cn1nc(NC(=O)O)c[c]1[Sn]([CH3])([CH3])[CH3]. The van der Waals surface area contributed by atoms with E-state index in [1.807, 2.05) is 13.1 Å². The van der Waals surface area contributed by atoms with Gasteiger partial charge in [0.05, 0.1) is 0 Å². The summed E-state index contributed by atoms with van der Waals surface area (Å²) in [5.74, 6) is 0.418. The van der Waals surface area contributed by atoms with Crippen molar-refractivity contribution in [3.8, 4) is 0 Å². The van der Waals surface area contributed by atoms with Crippen LogP contribution in [0.15, 0.2) is 6.07 Å². The zero-order valence-corrected chi connectivity index (χ0v) is 11.7. The number of amides is 1. The average molecular weight is 304 g/mol. The Morgan fingerprint density at radius 2 is 2.14 bits per heavy atom. The van der Waals surface area contributed by atoms with Gasteiger partial charge in [-0.3, -0.25) is 0 Å². The van der Waals surface area contributed by atoms with Gasteiger partial charge in [-0.2, -0.15) is 0 Å². The average Bonchev–Trinajstić information content (AvgIpc) is 2.27. The second-order valence-electron chi connectivity index (χ2n) is 4.22. The van der Waals surface area contributed by atoms with Gasteiger partial charge >= 0.3 is 86.9 Å². The Balaban J connectivity index is 2.99. The predicted molar refractivity (Wildman–Crippen MR) is 57.8 cm³/mol. The molecule has 1 heterocycles. The van der Waals surface area contributed by atoms with Crippen LogP contribution in [-0.2, 0) is 7.05 Å². The van der Waals surface area contributed by atoms with Gasteiger partial charge in [-0.15, -0.1) is 0 Å². The van der Waals surface area contributed by atoms with Crippen LogP contribution < -0.4 is 9.03 Å². The molecule has 0 atom stereocenters. The Hall–Kier alpha value is -0.721. The molecule has 0 aliphatic carbocycles. The quantitative estimate of drug-likeness (QED) is 0.803. The van der Waals surface area contributed by atoms with Gasteiger partial charge in [0.25, 0.3) is 0 Å². The number of hydrogen-bond acceptors (Lipinski definition) is 2. The van der Waals surface area contributed by atoms with Crippen molar-refractivity contribution in [1.82, 2.24) is 9.78 Å². The maximum atomic E-state index is 10.4. The van der Waals surface area contributed by atoms with E-state index in [2.05, 4.69) is 25.2 Å². The summed E-state index contributed by atoms with van der Waals surface area (Å²) in [6, 6.07) is 1.84. The first-order valence-corrected chi connectivity index (χ1v) is 14.3. The molecule has 0 aliphatic heterocycles. The second kappa shape index (κ2) is 3.80. The Kier molecular flexibility index (Phi) is 3.08. The van der Waals surface area contributed by atoms with Crippen molar-refractivity contribution < 1.29 is 9.90 Å². The number of carbonyl (C=O) groups is 1. The molecule has 0 spiro atoms. The molecule has 1 amide bonds. The Morgan fingerprint density at radius 3 is 2.50 bits per heavy atom. The van der Waals surface area contributed by atoms with Gasteiger partial charge in [0.2, 0.25) is 0 Å². The molecular formula is C8H15N3O2Sn. The van der Waals surface area contributed by atoms with Crippen molar-refractivity contribution in [2.45, 2.75) is 14.8 Å². The maximum absolute atomic E-state index is 10.4. The van der Waals surface area contributed by atoms with Gasteiger partial charge < -0.3 is 0 Å². The number of rotatable bonds is 2. The summed E-state index contributed by atoms with van der Waals surface area (Å²) in [6.45, 7) is 0. The molecule has 1 aromatic rings. The second-order valence-corrected chi connectivity index (χ2v) is 18.5. The Bertz CT molecular complexity index is 354. The van der Waals surface area contributed by atoms with Crippen LogP contribution in [0.4, 0.5) is 10.6 Å². The van der Waals surface area contributed by atoms with Gasteiger partial charge in [-0.25, -0.2) is 0 Å².